The van der Waals surface area contributed by atoms with E-state index in [1.165, 1.54) is 5.56 Å². The number of ether oxygens (including phenoxy) is 2. The van der Waals surface area contributed by atoms with Crippen LogP contribution >= 0.6 is 12.2 Å². The summed E-state index contributed by atoms with van der Waals surface area (Å²) in [6.07, 6.45) is 1.67. The van der Waals surface area contributed by atoms with Crippen LogP contribution in [0.15, 0.2) is 47.6 Å². The van der Waals surface area contributed by atoms with E-state index in [9.17, 15) is 0 Å². The number of rotatable bonds is 5. The Morgan fingerprint density at radius 3 is 2.56 bits per heavy atom. The molecule has 1 N–H and O–H groups in total. The molecule has 7 heteroatoms. The molecular weight excluding hydrogens is 336 g/mol. The molecule has 0 aliphatic rings. The molecule has 0 unspecified atom stereocenters. The summed E-state index contributed by atoms with van der Waals surface area (Å²) in [4.78, 5) is 0. The van der Waals surface area contributed by atoms with E-state index in [1.807, 2.05) is 49.4 Å². The van der Waals surface area contributed by atoms with Crippen molar-refractivity contribution in [3.8, 4) is 22.9 Å². The monoisotopic (exact) mass is 354 g/mol. The van der Waals surface area contributed by atoms with Gasteiger partial charge in [-0.1, -0.05) is 29.8 Å². The standard InChI is InChI=1S/C18H18N4O2S/c1-12-4-6-13(7-5-12)17-20-21-18(25)22(17)19-11-14-10-15(23-2)8-9-16(14)24-3/h4-11H,1-3H3,(H,21,25). The molecule has 0 saturated carbocycles. The highest BCUT2D eigenvalue weighted by molar-refractivity contribution is 7.71. The Kier molecular flexibility index (Phi) is 4.95. The summed E-state index contributed by atoms with van der Waals surface area (Å²) in [7, 11) is 3.23. The van der Waals surface area contributed by atoms with Gasteiger partial charge in [0, 0.05) is 11.1 Å². The highest BCUT2D eigenvalue weighted by atomic mass is 32.1. The quantitative estimate of drug-likeness (QED) is 0.559. The molecule has 2 aromatic carbocycles. The van der Waals surface area contributed by atoms with Crippen molar-refractivity contribution in [1.29, 1.82) is 0 Å². The van der Waals surface area contributed by atoms with Crippen molar-refractivity contribution in [1.82, 2.24) is 14.9 Å². The summed E-state index contributed by atoms with van der Waals surface area (Å²) in [5, 5.41) is 11.5. The SMILES string of the molecule is COc1ccc(OC)c(C=Nn2c(-c3ccc(C)cc3)n[nH]c2=S)c1. The van der Waals surface area contributed by atoms with Gasteiger partial charge in [-0.2, -0.15) is 14.9 Å². The minimum absolute atomic E-state index is 0.411. The lowest BCUT2D eigenvalue weighted by molar-refractivity contribution is 0.402. The zero-order valence-corrected chi connectivity index (χ0v) is 15.0. The molecule has 25 heavy (non-hydrogen) atoms. The number of hydrogen-bond acceptors (Lipinski definition) is 5. The lowest BCUT2D eigenvalue weighted by atomic mass is 10.1. The molecule has 0 saturated heterocycles. The number of H-pyrrole nitrogens is 1. The number of aromatic nitrogens is 3. The molecule has 0 bridgehead atoms. The van der Waals surface area contributed by atoms with Gasteiger partial charge in [0.2, 0.25) is 4.77 Å². The molecule has 0 fully saturated rings. The van der Waals surface area contributed by atoms with Crippen molar-refractivity contribution >= 4 is 18.4 Å². The van der Waals surface area contributed by atoms with Crippen LogP contribution < -0.4 is 9.47 Å². The fourth-order valence-electron chi connectivity index (χ4n) is 2.35. The van der Waals surface area contributed by atoms with E-state index in [2.05, 4.69) is 15.3 Å². The molecule has 0 spiro atoms. The number of methoxy groups -OCH3 is 2. The number of aryl methyl sites for hydroxylation is 1. The van der Waals surface area contributed by atoms with Crippen LogP contribution in [0.4, 0.5) is 0 Å². The molecule has 0 aliphatic heterocycles. The number of hydrogen-bond donors (Lipinski definition) is 1. The van der Waals surface area contributed by atoms with Crippen LogP contribution in [0.3, 0.4) is 0 Å². The predicted octanol–water partition coefficient (Wildman–Crippen LogP) is 3.82. The van der Waals surface area contributed by atoms with Gasteiger partial charge in [-0.3, -0.25) is 0 Å². The van der Waals surface area contributed by atoms with Crippen molar-refractivity contribution in [3.05, 3.63) is 58.4 Å². The zero-order valence-electron chi connectivity index (χ0n) is 14.2. The highest BCUT2D eigenvalue weighted by Gasteiger charge is 2.08. The molecule has 1 aromatic heterocycles. The molecule has 3 rings (SSSR count). The van der Waals surface area contributed by atoms with E-state index in [0.29, 0.717) is 16.3 Å². The summed E-state index contributed by atoms with van der Waals surface area (Å²) in [5.41, 5.74) is 2.88. The Morgan fingerprint density at radius 1 is 1.12 bits per heavy atom. The van der Waals surface area contributed by atoms with Gasteiger partial charge >= 0.3 is 0 Å². The maximum Gasteiger partial charge on any atom is 0.216 e. The molecule has 1 heterocycles. The summed E-state index contributed by atoms with van der Waals surface area (Å²) >= 11 is 5.30. The molecule has 0 radical (unpaired) electrons. The molecule has 128 valence electrons. The van der Waals surface area contributed by atoms with Gasteiger partial charge in [-0.25, -0.2) is 5.10 Å². The van der Waals surface area contributed by atoms with Crippen LogP contribution in [0.1, 0.15) is 11.1 Å². The van der Waals surface area contributed by atoms with E-state index < -0.39 is 0 Å². The minimum Gasteiger partial charge on any atom is -0.497 e. The van der Waals surface area contributed by atoms with Crippen molar-refractivity contribution < 1.29 is 9.47 Å². The largest absolute Gasteiger partial charge is 0.497 e. The fraction of sp³-hybridized carbons (Fsp3) is 0.167. The number of nitrogens with zero attached hydrogens (tertiary/aromatic N) is 3. The van der Waals surface area contributed by atoms with Crippen molar-refractivity contribution in [2.45, 2.75) is 6.92 Å². The van der Waals surface area contributed by atoms with Crippen molar-refractivity contribution in [2.24, 2.45) is 5.10 Å². The summed E-state index contributed by atoms with van der Waals surface area (Å²) in [6.45, 7) is 2.04. The molecule has 6 nitrogen and oxygen atoms in total. The van der Waals surface area contributed by atoms with Crippen molar-refractivity contribution in [2.75, 3.05) is 14.2 Å². The van der Waals surface area contributed by atoms with E-state index in [0.717, 1.165) is 16.9 Å². The molecule has 3 aromatic rings. The number of aromatic amines is 1. The van der Waals surface area contributed by atoms with Gasteiger partial charge in [0.25, 0.3) is 0 Å². The maximum absolute atomic E-state index is 5.37. The van der Waals surface area contributed by atoms with Gasteiger partial charge < -0.3 is 9.47 Å². The van der Waals surface area contributed by atoms with Crippen LogP contribution in [-0.2, 0) is 0 Å². The average Bonchev–Trinajstić information content (AvgIpc) is 3.01. The van der Waals surface area contributed by atoms with Gasteiger partial charge in [-0.15, -0.1) is 0 Å². The van der Waals surface area contributed by atoms with Crippen LogP contribution in [0.5, 0.6) is 11.5 Å². The average molecular weight is 354 g/mol. The topological polar surface area (TPSA) is 64.4 Å². The Labute approximate surface area is 150 Å². The van der Waals surface area contributed by atoms with E-state index in [1.54, 1.807) is 25.1 Å². The molecular formula is C18H18N4O2S. The minimum atomic E-state index is 0.411. The summed E-state index contributed by atoms with van der Waals surface area (Å²) < 4.78 is 12.6. The number of benzene rings is 2. The summed E-state index contributed by atoms with van der Waals surface area (Å²) in [6, 6.07) is 13.5. The fourth-order valence-corrected chi connectivity index (χ4v) is 2.53. The van der Waals surface area contributed by atoms with Crippen LogP contribution in [0.2, 0.25) is 0 Å². The van der Waals surface area contributed by atoms with Gasteiger partial charge in [0.1, 0.15) is 11.5 Å². The molecule has 0 atom stereocenters. The lowest BCUT2D eigenvalue weighted by Gasteiger charge is -2.07. The third kappa shape index (κ3) is 3.61. The third-order valence-electron chi connectivity index (χ3n) is 3.71. The third-order valence-corrected chi connectivity index (χ3v) is 3.97. The Hall–Kier alpha value is -2.93. The van der Waals surface area contributed by atoms with E-state index in [4.69, 9.17) is 21.7 Å². The van der Waals surface area contributed by atoms with Gasteiger partial charge in [0.15, 0.2) is 5.82 Å². The maximum atomic E-state index is 5.37. The van der Waals surface area contributed by atoms with Gasteiger partial charge in [-0.05, 0) is 37.3 Å². The first-order valence-corrected chi connectivity index (χ1v) is 8.04. The van der Waals surface area contributed by atoms with E-state index >= 15 is 0 Å². The Balaban J connectivity index is 2.01. The molecule has 0 aliphatic carbocycles. The second kappa shape index (κ2) is 7.31. The Morgan fingerprint density at radius 2 is 1.88 bits per heavy atom. The first-order chi connectivity index (χ1) is 12.1. The van der Waals surface area contributed by atoms with E-state index in [-0.39, 0.29) is 0 Å². The first-order valence-electron chi connectivity index (χ1n) is 7.63. The molecule has 0 amide bonds. The van der Waals surface area contributed by atoms with Crippen LogP contribution in [0, 0.1) is 11.7 Å². The van der Waals surface area contributed by atoms with Crippen LogP contribution in [-0.4, -0.2) is 35.3 Å². The predicted molar refractivity (Wildman–Crippen MR) is 100 cm³/mol. The number of nitrogens with one attached hydrogen (secondary N) is 1. The van der Waals surface area contributed by atoms with Crippen LogP contribution in [0.25, 0.3) is 11.4 Å². The van der Waals surface area contributed by atoms with Crippen molar-refractivity contribution in [3.63, 3.8) is 0 Å². The highest BCUT2D eigenvalue weighted by Crippen LogP contribution is 2.23. The second-order valence-corrected chi connectivity index (χ2v) is 5.77. The first kappa shape index (κ1) is 16.9. The van der Waals surface area contributed by atoms with Gasteiger partial charge in [0.05, 0.1) is 20.4 Å². The normalized spacial score (nSPS) is 11.0. The zero-order chi connectivity index (χ0) is 17.8. The second-order valence-electron chi connectivity index (χ2n) is 5.38. The lowest BCUT2D eigenvalue weighted by Crippen LogP contribution is -1.97. The Bertz CT molecular complexity index is 958. The summed E-state index contributed by atoms with van der Waals surface area (Å²) in [5.74, 6) is 2.05. The smallest absolute Gasteiger partial charge is 0.216 e.